The van der Waals surface area contributed by atoms with Crippen molar-refractivity contribution in [2.24, 2.45) is 0 Å². The van der Waals surface area contributed by atoms with Crippen LogP contribution in [-0.4, -0.2) is 39.5 Å². The number of carbonyl (C=O) groups excluding carboxylic acids is 1. The fourth-order valence-corrected chi connectivity index (χ4v) is 4.31. The second kappa shape index (κ2) is 8.14. The minimum Gasteiger partial charge on any atom is -0.372 e. The highest BCUT2D eigenvalue weighted by atomic mass is 35.5. The highest BCUT2D eigenvalue weighted by Gasteiger charge is 2.20. The molecule has 31 heavy (non-hydrogen) atoms. The molecule has 158 valence electrons. The Bertz CT molecular complexity index is 1330. The highest BCUT2D eigenvalue weighted by Crippen LogP contribution is 2.33. The first-order valence-corrected chi connectivity index (χ1v) is 10.4. The molecule has 0 saturated carbocycles. The first kappa shape index (κ1) is 21.0. The van der Waals surface area contributed by atoms with E-state index in [2.05, 4.69) is 15.4 Å². The number of carbonyl (C=O) groups is 1. The lowest BCUT2D eigenvalue weighted by molar-refractivity contribution is -0.384. The number of hydrogen-bond acceptors (Lipinski definition) is 7. The normalized spacial score (nSPS) is 11.0. The Balaban J connectivity index is 1.64. The quantitative estimate of drug-likeness (QED) is 0.321. The van der Waals surface area contributed by atoms with Gasteiger partial charge in [-0.25, -0.2) is 4.52 Å². The molecule has 2 aromatic heterocycles. The van der Waals surface area contributed by atoms with Crippen molar-refractivity contribution < 1.29 is 9.72 Å². The molecule has 0 spiro atoms. The van der Waals surface area contributed by atoms with Gasteiger partial charge in [-0.15, -0.1) is 16.4 Å². The van der Waals surface area contributed by atoms with Crippen molar-refractivity contribution in [3.63, 3.8) is 0 Å². The Kier molecular flexibility index (Phi) is 5.52. The third-order valence-corrected chi connectivity index (χ3v) is 5.79. The molecule has 2 aromatic carbocycles. The van der Waals surface area contributed by atoms with Gasteiger partial charge in [0.2, 0.25) is 4.96 Å². The minimum absolute atomic E-state index is 0.0718. The monoisotopic (exact) mass is 476 g/mol. The molecule has 0 radical (unpaired) electrons. The zero-order valence-corrected chi connectivity index (χ0v) is 18.5. The standard InChI is InChI=1S/C19H14Cl2N6O3S/c1-25(2)14-6-3-10(7-15(14)27(29)30)17(28)22-18-23-19-26(24-18)16(9-31-19)12-5-4-11(20)8-13(12)21/h3-9H,1-2H3,(H,22,24,28). The van der Waals surface area contributed by atoms with E-state index in [-0.39, 0.29) is 17.2 Å². The number of rotatable bonds is 5. The summed E-state index contributed by atoms with van der Waals surface area (Å²) in [5, 5.41) is 21.1. The van der Waals surface area contributed by atoms with Crippen molar-refractivity contribution >= 4 is 62.7 Å². The van der Waals surface area contributed by atoms with Crippen LogP contribution in [0.4, 0.5) is 17.3 Å². The van der Waals surface area contributed by atoms with E-state index < -0.39 is 10.8 Å². The molecule has 0 unspecified atom stereocenters. The number of anilines is 2. The number of hydrogen-bond donors (Lipinski definition) is 1. The predicted octanol–water partition coefficient (Wildman–Crippen LogP) is 4.99. The molecule has 0 bridgehead atoms. The summed E-state index contributed by atoms with van der Waals surface area (Å²) in [4.78, 5) is 29.9. The first-order valence-electron chi connectivity index (χ1n) is 8.81. The number of nitro benzene ring substituents is 1. The maximum atomic E-state index is 12.6. The second-order valence-corrected chi connectivity index (χ2v) is 8.36. The predicted molar refractivity (Wildman–Crippen MR) is 122 cm³/mol. The maximum absolute atomic E-state index is 12.6. The average Bonchev–Trinajstić information content (AvgIpc) is 3.28. The number of fused-ring (bicyclic) bond motifs is 1. The van der Waals surface area contributed by atoms with Crippen LogP contribution in [0.15, 0.2) is 41.8 Å². The average molecular weight is 477 g/mol. The van der Waals surface area contributed by atoms with Crippen molar-refractivity contribution in [3.8, 4) is 11.3 Å². The first-order chi connectivity index (χ1) is 14.7. The Labute approximate surface area is 190 Å². The molecule has 12 heteroatoms. The zero-order valence-electron chi connectivity index (χ0n) is 16.2. The van der Waals surface area contributed by atoms with E-state index in [1.54, 1.807) is 41.7 Å². The lowest BCUT2D eigenvalue weighted by Crippen LogP contribution is -2.15. The number of thiazole rings is 1. The number of nitrogens with zero attached hydrogens (tertiary/aromatic N) is 5. The van der Waals surface area contributed by atoms with E-state index in [4.69, 9.17) is 23.2 Å². The third kappa shape index (κ3) is 4.05. The summed E-state index contributed by atoms with van der Waals surface area (Å²) in [6.07, 6.45) is 0. The Morgan fingerprint density at radius 2 is 2.00 bits per heavy atom. The fourth-order valence-electron chi connectivity index (χ4n) is 2.98. The van der Waals surface area contributed by atoms with Crippen LogP contribution < -0.4 is 10.2 Å². The van der Waals surface area contributed by atoms with Gasteiger partial charge in [-0.2, -0.15) is 4.98 Å². The van der Waals surface area contributed by atoms with Crippen LogP contribution in [0.5, 0.6) is 0 Å². The van der Waals surface area contributed by atoms with Crippen LogP contribution in [0, 0.1) is 10.1 Å². The van der Waals surface area contributed by atoms with Gasteiger partial charge in [0, 0.05) is 41.7 Å². The number of aromatic nitrogens is 3. The minimum atomic E-state index is -0.558. The molecule has 0 fully saturated rings. The molecular formula is C19H14Cl2N6O3S. The van der Waals surface area contributed by atoms with Crippen LogP contribution in [0.1, 0.15) is 10.4 Å². The van der Waals surface area contributed by atoms with Gasteiger partial charge in [-0.05, 0) is 30.3 Å². The van der Waals surface area contributed by atoms with Crippen molar-refractivity contribution in [1.82, 2.24) is 14.6 Å². The van der Waals surface area contributed by atoms with Gasteiger partial charge in [-0.1, -0.05) is 23.2 Å². The number of benzene rings is 2. The summed E-state index contributed by atoms with van der Waals surface area (Å²) >= 11 is 13.6. The lowest BCUT2D eigenvalue weighted by Gasteiger charge is -2.13. The van der Waals surface area contributed by atoms with E-state index in [9.17, 15) is 14.9 Å². The fraction of sp³-hybridized carbons (Fsp3) is 0.105. The summed E-state index contributed by atoms with van der Waals surface area (Å²) in [5.74, 6) is -0.486. The van der Waals surface area contributed by atoms with E-state index in [0.717, 1.165) is 5.56 Å². The Morgan fingerprint density at radius 1 is 1.23 bits per heavy atom. The van der Waals surface area contributed by atoms with Crippen molar-refractivity contribution in [1.29, 1.82) is 0 Å². The van der Waals surface area contributed by atoms with E-state index in [0.29, 0.717) is 26.4 Å². The Hall–Kier alpha value is -3.21. The van der Waals surface area contributed by atoms with Gasteiger partial charge >= 0.3 is 0 Å². The van der Waals surface area contributed by atoms with Gasteiger partial charge in [-0.3, -0.25) is 20.2 Å². The molecule has 0 atom stereocenters. The number of nitrogens with one attached hydrogen (secondary N) is 1. The van der Waals surface area contributed by atoms with Crippen LogP contribution in [0.3, 0.4) is 0 Å². The summed E-state index contributed by atoms with van der Waals surface area (Å²) in [5.41, 5.74) is 1.76. The van der Waals surface area contributed by atoms with E-state index in [1.807, 2.05) is 5.38 Å². The van der Waals surface area contributed by atoms with Crippen molar-refractivity contribution in [3.05, 3.63) is 67.5 Å². The van der Waals surface area contributed by atoms with Crippen LogP contribution in [0.25, 0.3) is 16.2 Å². The van der Waals surface area contributed by atoms with E-state index >= 15 is 0 Å². The summed E-state index contributed by atoms with van der Waals surface area (Å²) in [7, 11) is 3.38. The van der Waals surface area contributed by atoms with Crippen molar-refractivity contribution in [2.75, 3.05) is 24.3 Å². The molecular weight excluding hydrogens is 463 g/mol. The van der Waals surface area contributed by atoms with Crippen LogP contribution in [-0.2, 0) is 0 Å². The number of amides is 1. The zero-order chi connectivity index (χ0) is 22.3. The second-order valence-electron chi connectivity index (χ2n) is 6.68. The maximum Gasteiger partial charge on any atom is 0.293 e. The molecule has 1 N–H and O–H groups in total. The third-order valence-electron chi connectivity index (χ3n) is 4.43. The molecule has 4 rings (SSSR count). The molecule has 0 saturated heterocycles. The molecule has 0 aliphatic heterocycles. The Morgan fingerprint density at radius 3 is 2.68 bits per heavy atom. The smallest absolute Gasteiger partial charge is 0.293 e. The molecule has 1 amide bonds. The lowest BCUT2D eigenvalue weighted by atomic mass is 10.1. The number of nitro groups is 1. The molecule has 4 aromatic rings. The summed E-state index contributed by atoms with van der Waals surface area (Å²) in [6.45, 7) is 0. The van der Waals surface area contributed by atoms with Crippen LogP contribution >= 0.6 is 34.5 Å². The molecule has 0 aliphatic rings. The van der Waals surface area contributed by atoms with Gasteiger partial charge in [0.25, 0.3) is 17.5 Å². The van der Waals surface area contributed by atoms with Crippen molar-refractivity contribution in [2.45, 2.75) is 0 Å². The SMILES string of the molecule is CN(C)c1ccc(C(=O)Nc2nc3scc(-c4ccc(Cl)cc4Cl)n3n2)cc1[N+](=O)[O-]. The number of halogens is 2. The van der Waals surface area contributed by atoms with Gasteiger partial charge < -0.3 is 4.90 Å². The van der Waals surface area contributed by atoms with E-state index in [1.165, 1.54) is 29.5 Å². The van der Waals surface area contributed by atoms with Gasteiger partial charge in [0.15, 0.2) is 0 Å². The topological polar surface area (TPSA) is 106 Å². The molecule has 9 nitrogen and oxygen atoms in total. The largest absolute Gasteiger partial charge is 0.372 e. The van der Waals surface area contributed by atoms with Gasteiger partial charge in [0.05, 0.1) is 15.6 Å². The summed E-state index contributed by atoms with van der Waals surface area (Å²) in [6, 6.07) is 9.38. The highest BCUT2D eigenvalue weighted by molar-refractivity contribution is 7.15. The van der Waals surface area contributed by atoms with Crippen LogP contribution in [0.2, 0.25) is 10.0 Å². The summed E-state index contributed by atoms with van der Waals surface area (Å²) < 4.78 is 1.56. The van der Waals surface area contributed by atoms with Gasteiger partial charge in [0.1, 0.15) is 5.69 Å². The molecule has 0 aliphatic carbocycles. The molecule has 2 heterocycles.